The second kappa shape index (κ2) is 5.56. The Kier molecular flexibility index (Phi) is 4.07. The van der Waals surface area contributed by atoms with E-state index in [1.54, 1.807) is 0 Å². The molecule has 0 radical (unpaired) electrons. The molecule has 2 rings (SSSR count). The maximum Gasteiger partial charge on any atom is 0.128 e. The van der Waals surface area contributed by atoms with Gasteiger partial charge < -0.3 is 10.1 Å². The summed E-state index contributed by atoms with van der Waals surface area (Å²) in [6, 6.07) is 3.44. The first-order valence-electron chi connectivity index (χ1n) is 5.93. The van der Waals surface area contributed by atoms with Crippen LogP contribution in [0.3, 0.4) is 0 Å². The van der Waals surface area contributed by atoms with Crippen LogP contribution in [0.15, 0.2) is 18.2 Å². The van der Waals surface area contributed by atoms with Gasteiger partial charge in [0.05, 0.1) is 12.7 Å². The predicted octanol–water partition coefficient (Wildman–Crippen LogP) is 2.48. The molecule has 2 nitrogen and oxygen atoms in total. The molecule has 4 heteroatoms. The van der Waals surface area contributed by atoms with Gasteiger partial charge in [0.25, 0.3) is 0 Å². The molecule has 1 aromatic carbocycles. The summed E-state index contributed by atoms with van der Waals surface area (Å²) in [6.07, 6.45) is 1.13. The minimum Gasteiger partial charge on any atom is -0.372 e. The minimum atomic E-state index is -0.431. The van der Waals surface area contributed by atoms with Gasteiger partial charge in [0, 0.05) is 12.1 Å². The maximum absolute atomic E-state index is 13.4. The topological polar surface area (TPSA) is 21.3 Å². The molecule has 0 saturated carbocycles. The third-order valence-electron chi connectivity index (χ3n) is 3.22. The van der Waals surface area contributed by atoms with Crippen LogP contribution in [0, 0.1) is 17.6 Å². The van der Waals surface area contributed by atoms with Crippen LogP contribution in [0.4, 0.5) is 8.78 Å². The number of hydrogen-bond donors (Lipinski definition) is 1. The van der Waals surface area contributed by atoms with Crippen molar-refractivity contribution >= 4 is 0 Å². The fraction of sp³-hybridized carbons (Fsp3) is 0.538. The lowest BCUT2D eigenvalue weighted by Gasteiger charge is -2.29. The zero-order chi connectivity index (χ0) is 12.3. The van der Waals surface area contributed by atoms with Crippen molar-refractivity contribution in [3.8, 4) is 0 Å². The van der Waals surface area contributed by atoms with Gasteiger partial charge in [-0.05, 0) is 37.1 Å². The molecule has 0 aliphatic carbocycles. The molecule has 0 bridgehead atoms. The van der Waals surface area contributed by atoms with E-state index in [9.17, 15) is 8.78 Å². The highest BCUT2D eigenvalue weighted by Crippen LogP contribution is 2.18. The number of rotatable bonds is 3. The van der Waals surface area contributed by atoms with Gasteiger partial charge in [-0.1, -0.05) is 6.92 Å². The highest BCUT2D eigenvalue weighted by Gasteiger charge is 2.21. The summed E-state index contributed by atoms with van der Waals surface area (Å²) in [5, 5.41) is 3.23. The van der Waals surface area contributed by atoms with Crippen molar-refractivity contribution in [3.05, 3.63) is 35.4 Å². The fourth-order valence-corrected chi connectivity index (χ4v) is 2.04. The predicted molar refractivity (Wildman–Crippen MR) is 61.6 cm³/mol. The molecule has 1 fully saturated rings. The van der Waals surface area contributed by atoms with Crippen molar-refractivity contribution in [3.63, 3.8) is 0 Å². The molecule has 1 aromatic rings. The summed E-state index contributed by atoms with van der Waals surface area (Å²) >= 11 is 0. The highest BCUT2D eigenvalue weighted by molar-refractivity contribution is 5.17. The molecular weight excluding hydrogens is 224 g/mol. The van der Waals surface area contributed by atoms with E-state index in [0.29, 0.717) is 5.92 Å². The van der Waals surface area contributed by atoms with Crippen molar-refractivity contribution in [2.45, 2.75) is 26.1 Å². The van der Waals surface area contributed by atoms with Gasteiger partial charge in [-0.15, -0.1) is 0 Å². The summed E-state index contributed by atoms with van der Waals surface area (Å²) in [5.41, 5.74) is 0.280. The summed E-state index contributed by atoms with van der Waals surface area (Å²) in [6.45, 7) is 4.02. The van der Waals surface area contributed by atoms with Crippen LogP contribution in [0.1, 0.15) is 18.9 Å². The number of benzene rings is 1. The molecular formula is C13H17F2NO. The standard InChI is InChI=1S/C13H17F2NO/c1-9-4-5-16-7-13(9)17-8-10-6-11(14)2-3-12(10)15/h2-3,6,9,13,16H,4-5,7-8H2,1H3. The molecule has 0 spiro atoms. The molecule has 1 aliphatic heterocycles. The Morgan fingerprint density at radius 1 is 1.41 bits per heavy atom. The van der Waals surface area contributed by atoms with Gasteiger partial charge in [0.15, 0.2) is 0 Å². The van der Waals surface area contributed by atoms with E-state index >= 15 is 0 Å². The lowest BCUT2D eigenvalue weighted by atomic mass is 9.97. The van der Waals surface area contributed by atoms with Crippen molar-refractivity contribution in [1.29, 1.82) is 0 Å². The quantitative estimate of drug-likeness (QED) is 0.877. The molecule has 17 heavy (non-hydrogen) atoms. The van der Waals surface area contributed by atoms with Crippen LogP contribution in [0.25, 0.3) is 0 Å². The Morgan fingerprint density at radius 3 is 3.00 bits per heavy atom. The van der Waals surface area contributed by atoms with Gasteiger partial charge in [-0.3, -0.25) is 0 Å². The zero-order valence-corrected chi connectivity index (χ0v) is 9.88. The number of piperidine rings is 1. The SMILES string of the molecule is CC1CCNCC1OCc1cc(F)ccc1F. The monoisotopic (exact) mass is 241 g/mol. The van der Waals surface area contributed by atoms with Crippen molar-refractivity contribution in [1.82, 2.24) is 5.32 Å². The van der Waals surface area contributed by atoms with E-state index in [2.05, 4.69) is 12.2 Å². The number of halogens is 2. The summed E-state index contributed by atoms with van der Waals surface area (Å²) in [7, 11) is 0. The summed E-state index contributed by atoms with van der Waals surface area (Å²) < 4.78 is 32.0. The molecule has 2 unspecified atom stereocenters. The van der Waals surface area contributed by atoms with Crippen molar-refractivity contribution < 1.29 is 13.5 Å². The average Bonchev–Trinajstić information content (AvgIpc) is 2.32. The lowest BCUT2D eigenvalue weighted by Crippen LogP contribution is -2.40. The second-order valence-corrected chi connectivity index (χ2v) is 4.56. The summed E-state index contributed by atoms with van der Waals surface area (Å²) in [5.74, 6) is -0.393. The number of ether oxygens (including phenoxy) is 1. The fourth-order valence-electron chi connectivity index (χ4n) is 2.04. The van der Waals surface area contributed by atoms with Crippen LogP contribution in [-0.2, 0) is 11.3 Å². The Balaban J connectivity index is 1.94. The van der Waals surface area contributed by atoms with E-state index in [0.717, 1.165) is 31.6 Å². The number of nitrogens with one attached hydrogen (secondary N) is 1. The van der Waals surface area contributed by atoms with E-state index in [1.807, 2.05) is 0 Å². The van der Waals surface area contributed by atoms with Crippen LogP contribution < -0.4 is 5.32 Å². The van der Waals surface area contributed by atoms with E-state index in [4.69, 9.17) is 4.74 Å². The van der Waals surface area contributed by atoms with Crippen LogP contribution >= 0.6 is 0 Å². The van der Waals surface area contributed by atoms with E-state index in [-0.39, 0.29) is 18.3 Å². The molecule has 0 aromatic heterocycles. The second-order valence-electron chi connectivity index (χ2n) is 4.56. The number of hydrogen-bond acceptors (Lipinski definition) is 2. The average molecular weight is 241 g/mol. The van der Waals surface area contributed by atoms with Crippen molar-refractivity contribution in [2.75, 3.05) is 13.1 Å². The Labute approximate surface area is 100.0 Å². The third kappa shape index (κ3) is 3.23. The largest absolute Gasteiger partial charge is 0.372 e. The van der Waals surface area contributed by atoms with Crippen LogP contribution in [0.5, 0.6) is 0 Å². The van der Waals surface area contributed by atoms with Crippen LogP contribution in [-0.4, -0.2) is 19.2 Å². The molecule has 1 aliphatic rings. The van der Waals surface area contributed by atoms with E-state index in [1.165, 1.54) is 6.07 Å². The van der Waals surface area contributed by atoms with Gasteiger partial charge >= 0.3 is 0 Å². The lowest BCUT2D eigenvalue weighted by molar-refractivity contribution is -0.00775. The highest BCUT2D eigenvalue weighted by atomic mass is 19.1. The van der Waals surface area contributed by atoms with Crippen LogP contribution in [0.2, 0.25) is 0 Å². The minimum absolute atomic E-state index is 0.0754. The summed E-state index contributed by atoms with van der Waals surface area (Å²) in [4.78, 5) is 0. The molecule has 1 saturated heterocycles. The zero-order valence-electron chi connectivity index (χ0n) is 9.88. The smallest absolute Gasteiger partial charge is 0.128 e. The van der Waals surface area contributed by atoms with E-state index < -0.39 is 11.6 Å². The normalized spacial score (nSPS) is 24.9. The van der Waals surface area contributed by atoms with Gasteiger partial charge in [-0.25, -0.2) is 8.78 Å². The first-order chi connectivity index (χ1) is 8.16. The Bertz CT molecular complexity index is 384. The Hall–Kier alpha value is -1.00. The van der Waals surface area contributed by atoms with Gasteiger partial charge in [0.2, 0.25) is 0 Å². The van der Waals surface area contributed by atoms with Crippen molar-refractivity contribution in [2.24, 2.45) is 5.92 Å². The first kappa shape index (κ1) is 12.5. The third-order valence-corrected chi connectivity index (χ3v) is 3.22. The van der Waals surface area contributed by atoms with Gasteiger partial charge in [0.1, 0.15) is 11.6 Å². The molecule has 94 valence electrons. The maximum atomic E-state index is 13.4. The molecule has 0 amide bonds. The molecule has 1 N–H and O–H groups in total. The van der Waals surface area contributed by atoms with Gasteiger partial charge in [-0.2, -0.15) is 0 Å². The Morgan fingerprint density at radius 2 is 2.24 bits per heavy atom. The molecule has 1 heterocycles. The first-order valence-corrected chi connectivity index (χ1v) is 5.93. The molecule has 2 atom stereocenters.